The van der Waals surface area contributed by atoms with E-state index in [1.807, 2.05) is 36.4 Å². The average Bonchev–Trinajstić information content (AvgIpc) is 2.20. The van der Waals surface area contributed by atoms with Crippen LogP contribution in [0.15, 0.2) is 36.4 Å². The van der Waals surface area contributed by atoms with Crippen LogP contribution in [-0.2, 0) is 4.79 Å². The summed E-state index contributed by atoms with van der Waals surface area (Å²) in [6.45, 7) is 1.73. The molecule has 1 unspecified atom stereocenters. The van der Waals surface area contributed by atoms with Crippen LogP contribution in [0.3, 0.4) is 0 Å². The number of carbonyl (C=O) groups is 1. The number of hydrogen-bond acceptors (Lipinski definition) is 2. The lowest BCUT2D eigenvalue weighted by Crippen LogP contribution is -2.28. The van der Waals surface area contributed by atoms with Gasteiger partial charge in [-0.1, -0.05) is 43.3 Å². The zero-order valence-electron chi connectivity index (χ0n) is 7.68. The fourth-order valence-corrected chi connectivity index (χ4v) is 0.560. The first-order valence-corrected chi connectivity index (χ1v) is 4.17. The topological polar surface area (TPSA) is 63.3 Å². The summed E-state index contributed by atoms with van der Waals surface area (Å²) in [5, 5.41) is 8.06. The van der Waals surface area contributed by atoms with Gasteiger partial charge in [0, 0.05) is 0 Å². The maximum Gasteiger partial charge on any atom is 0.320 e. The van der Waals surface area contributed by atoms with E-state index in [-0.39, 0.29) is 0 Å². The molecule has 1 atom stereocenters. The SMILES string of the molecule is CCC(N)C(=O)O.c1ccccc1. The van der Waals surface area contributed by atoms with Gasteiger partial charge in [0.25, 0.3) is 0 Å². The van der Waals surface area contributed by atoms with Crippen LogP contribution in [0.1, 0.15) is 13.3 Å². The Morgan fingerprint density at radius 1 is 1.23 bits per heavy atom. The Hall–Kier alpha value is -1.35. The standard InChI is InChI=1S/C6H6.C4H9NO2/c1-2-4-6-5-3-1;1-2-3(5)4(6)7/h1-6H;3H,2,5H2,1H3,(H,6,7). The molecule has 0 saturated heterocycles. The first-order valence-electron chi connectivity index (χ1n) is 4.17. The van der Waals surface area contributed by atoms with Crippen molar-refractivity contribution in [3.05, 3.63) is 36.4 Å². The first kappa shape index (κ1) is 11.6. The van der Waals surface area contributed by atoms with Gasteiger partial charge < -0.3 is 10.8 Å². The molecule has 0 spiro atoms. The molecular weight excluding hydrogens is 166 g/mol. The van der Waals surface area contributed by atoms with Gasteiger partial charge >= 0.3 is 5.97 Å². The van der Waals surface area contributed by atoms with E-state index in [1.54, 1.807) is 6.92 Å². The first-order chi connectivity index (χ1) is 6.18. The second-order valence-corrected chi connectivity index (χ2v) is 2.51. The van der Waals surface area contributed by atoms with Crippen LogP contribution in [-0.4, -0.2) is 17.1 Å². The van der Waals surface area contributed by atoms with E-state index >= 15 is 0 Å². The van der Waals surface area contributed by atoms with Gasteiger partial charge in [-0.25, -0.2) is 0 Å². The molecular formula is C10H15NO2. The predicted octanol–water partition coefficient (Wildman–Crippen LogP) is 1.49. The molecule has 1 aromatic rings. The van der Waals surface area contributed by atoms with E-state index in [1.165, 1.54) is 0 Å². The average molecular weight is 181 g/mol. The van der Waals surface area contributed by atoms with Crippen LogP contribution >= 0.6 is 0 Å². The third-order valence-electron chi connectivity index (χ3n) is 1.42. The lowest BCUT2D eigenvalue weighted by molar-refractivity contribution is -0.138. The Bertz CT molecular complexity index is 197. The normalized spacial score (nSPS) is 10.9. The number of benzene rings is 1. The molecule has 0 aliphatic rings. The Kier molecular flexibility index (Phi) is 6.55. The molecule has 0 amide bonds. The number of carboxylic acid groups (broad SMARTS) is 1. The molecule has 0 aliphatic carbocycles. The molecule has 0 fully saturated rings. The number of rotatable bonds is 2. The molecule has 0 bridgehead atoms. The summed E-state index contributed by atoms with van der Waals surface area (Å²) in [6, 6.07) is 11.3. The van der Waals surface area contributed by atoms with E-state index in [0.717, 1.165) is 0 Å². The van der Waals surface area contributed by atoms with Crippen molar-refractivity contribution in [2.75, 3.05) is 0 Å². The molecule has 0 aliphatic heterocycles. The van der Waals surface area contributed by atoms with Crippen LogP contribution in [0.5, 0.6) is 0 Å². The molecule has 0 radical (unpaired) electrons. The van der Waals surface area contributed by atoms with Gasteiger partial charge in [-0.05, 0) is 6.42 Å². The fraction of sp³-hybridized carbons (Fsp3) is 0.300. The molecule has 3 heteroatoms. The van der Waals surface area contributed by atoms with Gasteiger partial charge in [0.15, 0.2) is 0 Å². The van der Waals surface area contributed by atoms with E-state index in [4.69, 9.17) is 10.8 Å². The zero-order valence-corrected chi connectivity index (χ0v) is 7.68. The van der Waals surface area contributed by atoms with Crippen LogP contribution in [0, 0.1) is 0 Å². The molecule has 3 N–H and O–H groups in total. The minimum atomic E-state index is -0.928. The van der Waals surface area contributed by atoms with Crippen molar-refractivity contribution in [2.24, 2.45) is 5.73 Å². The Morgan fingerprint density at radius 2 is 1.54 bits per heavy atom. The minimum absolute atomic E-state index is 0.495. The van der Waals surface area contributed by atoms with Crippen molar-refractivity contribution in [2.45, 2.75) is 19.4 Å². The molecule has 72 valence electrons. The molecule has 1 rings (SSSR count). The van der Waals surface area contributed by atoms with Gasteiger partial charge in [0.2, 0.25) is 0 Å². The third-order valence-corrected chi connectivity index (χ3v) is 1.42. The van der Waals surface area contributed by atoms with Crippen LogP contribution < -0.4 is 5.73 Å². The molecule has 3 nitrogen and oxygen atoms in total. The number of aliphatic carboxylic acids is 1. The summed E-state index contributed by atoms with van der Waals surface area (Å²) in [7, 11) is 0. The predicted molar refractivity (Wildman–Crippen MR) is 52.3 cm³/mol. The molecule has 1 aromatic carbocycles. The van der Waals surface area contributed by atoms with Crippen LogP contribution in [0.2, 0.25) is 0 Å². The highest BCUT2D eigenvalue weighted by Crippen LogP contribution is 1.82. The quantitative estimate of drug-likeness (QED) is 0.726. The summed E-state index contributed by atoms with van der Waals surface area (Å²) < 4.78 is 0. The third kappa shape index (κ3) is 7.03. The summed E-state index contributed by atoms with van der Waals surface area (Å²) in [5.41, 5.74) is 5.02. The monoisotopic (exact) mass is 181 g/mol. The van der Waals surface area contributed by atoms with Crippen molar-refractivity contribution < 1.29 is 9.90 Å². The Balaban J connectivity index is 0.000000223. The summed E-state index contributed by atoms with van der Waals surface area (Å²) in [5.74, 6) is -0.928. The van der Waals surface area contributed by atoms with Gasteiger partial charge in [-0.15, -0.1) is 0 Å². The van der Waals surface area contributed by atoms with Crippen LogP contribution in [0.4, 0.5) is 0 Å². The zero-order chi connectivity index (χ0) is 10.1. The molecule has 0 heterocycles. The van der Waals surface area contributed by atoms with Gasteiger partial charge in [0.1, 0.15) is 6.04 Å². The summed E-state index contributed by atoms with van der Waals surface area (Å²) in [6.07, 6.45) is 0.495. The minimum Gasteiger partial charge on any atom is -0.480 e. The van der Waals surface area contributed by atoms with E-state index < -0.39 is 12.0 Å². The maximum absolute atomic E-state index is 9.81. The Morgan fingerprint density at radius 3 is 1.62 bits per heavy atom. The lowest BCUT2D eigenvalue weighted by Gasteiger charge is -1.97. The van der Waals surface area contributed by atoms with Crippen molar-refractivity contribution in [3.63, 3.8) is 0 Å². The molecule has 0 saturated carbocycles. The van der Waals surface area contributed by atoms with Crippen molar-refractivity contribution >= 4 is 5.97 Å². The Labute approximate surface area is 78.2 Å². The number of hydrogen-bond donors (Lipinski definition) is 2. The maximum atomic E-state index is 9.81. The number of carboxylic acids is 1. The second kappa shape index (κ2) is 7.31. The van der Waals surface area contributed by atoms with Crippen molar-refractivity contribution in [3.8, 4) is 0 Å². The van der Waals surface area contributed by atoms with Crippen LogP contribution in [0.25, 0.3) is 0 Å². The van der Waals surface area contributed by atoms with Crippen molar-refractivity contribution in [1.82, 2.24) is 0 Å². The molecule has 13 heavy (non-hydrogen) atoms. The van der Waals surface area contributed by atoms with Gasteiger partial charge in [-0.2, -0.15) is 0 Å². The summed E-state index contributed by atoms with van der Waals surface area (Å²) in [4.78, 5) is 9.81. The van der Waals surface area contributed by atoms with Crippen molar-refractivity contribution in [1.29, 1.82) is 0 Å². The highest BCUT2D eigenvalue weighted by atomic mass is 16.4. The smallest absolute Gasteiger partial charge is 0.320 e. The van der Waals surface area contributed by atoms with E-state index in [2.05, 4.69) is 0 Å². The largest absolute Gasteiger partial charge is 0.480 e. The second-order valence-electron chi connectivity index (χ2n) is 2.51. The van der Waals surface area contributed by atoms with E-state index in [0.29, 0.717) is 6.42 Å². The molecule has 0 aromatic heterocycles. The highest BCUT2D eigenvalue weighted by Gasteiger charge is 2.05. The highest BCUT2D eigenvalue weighted by molar-refractivity contribution is 5.72. The van der Waals surface area contributed by atoms with E-state index in [9.17, 15) is 4.79 Å². The number of nitrogens with two attached hydrogens (primary N) is 1. The fourth-order valence-electron chi connectivity index (χ4n) is 0.560. The summed E-state index contributed by atoms with van der Waals surface area (Å²) >= 11 is 0. The lowest BCUT2D eigenvalue weighted by atomic mass is 10.2. The van der Waals surface area contributed by atoms with Gasteiger partial charge in [0.05, 0.1) is 0 Å². The van der Waals surface area contributed by atoms with Gasteiger partial charge in [-0.3, -0.25) is 4.79 Å².